The van der Waals surface area contributed by atoms with Gasteiger partial charge >= 0.3 is 0 Å². The second-order valence-electron chi connectivity index (χ2n) is 5.16. The standard InChI is InChI=1S/C18H15Cl2N/c1-11-10-12(19)6-7-13(11)18(21)16-8-9-17(20)15-5-3-2-4-14(15)16/h2-10,18H,21H2,1H3. The summed E-state index contributed by atoms with van der Waals surface area (Å²) in [6.07, 6.45) is 0. The van der Waals surface area contributed by atoms with Crippen molar-refractivity contribution in [3.63, 3.8) is 0 Å². The van der Waals surface area contributed by atoms with Crippen molar-refractivity contribution < 1.29 is 0 Å². The molecule has 0 heterocycles. The van der Waals surface area contributed by atoms with Gasteiger partial charge < -0.3 is 5.73 Å². The molecule has 21 heavy (non-hydrogen) atoms. The average Bonchev–Trinajstić information content (AvgIpc) is 2.47. The molecule has 1 unspecified atom stereocenters. The Morgan fingerprint density at radius 3 is 2.24 bits per heavy atom. The van der Waals surface area contributed by atoms with Gasteiger partial charge in [0.1, 0.15) is 0 Å². The molecule has 0 bridgehead atoms. The van der Waals surface area contributed by atoms with Crippen molar-refractivity contribution in [1.29, 1.82) is 0 Å². The van der Waals surface area contributed by atoms with E-state index >= 15 is 0 Å². The molecule has 0 amide bonds. The maximum Gasteiger partial charge on any atom is 0.0560 e. The van der Waals surface area contributed by atoms with Crippen LogP contribution in [0.1, 0.15) is 22.7 Å². The Morgan fingerprint density at radius 1 is 0.857 bits per heavy atom. The number of nitrogens with two attached hydrogens (primary N) is 1. The van der Waals surface area contributed by atoms with E-state index in [4.69, 9.17) is 28.9 Å². The maximum atomic E-state index is 6.50. The number of hydrogen-bond acceptors (Lipinski definition) is 1. The van der Waals surface area contributed by atoms with E-state index in [9.17, 15) is 0 Å². The number of aryl methyl sites for hydroxylation is 1. The first-order valence-corrected chi connectivity index (χ1v) is 7.52. The van der Waals surface area contributed by atoms with E-state index in [0.29, 0.717) is 0 Å². The van der Waals surface area contributed by atoms with Crippen LogP contribution >= 0.6 is 23.2 Å². The maximum absolute atomic E-state index is 6.50. The lowest BCUT2D eigenvalue weighted by Crippen LogP contribution is -2.13. The fourth-order valence-electron chi connectivity index (χ4n) is 2.71. The summed E-state index contributed by atoms with van der Waals surface area (Å²) in [5, 5.41) is 3.59. The van der Waals surface area contributed by atoms with E-state index in [-0.39, 0.29) is 6.04 Å². The summed E-state index contributed by atoms with van der Waals surface area (Å²) in [5.74, 6) is 0. The van der Waals surface area contributed by atoms with E-state index in [2.05, 4.69) is 6.07 Å². The highest BCUT2D eigenvalue weighted by molar-refractivity contribution is 6.35. The number of hydrogen-bond donors (Lipinski definition) is 1. The molecule has 0 spiro atoms. The zero-order valence-corrected chi connectivity index (χ0v) is 13.1. The van der Waals surface area contributed by atoms with Crippen LogP contribution in [-0.4, -0.2) is 0 Å². The van der Waals surface area contributed by atoms with Crippen molar-refractivity contribution in [2.75, 3.05) is 0 Å². The Kier molecular flexibility index (Phi) is 3.90. The quantitative estimate of drug-likeness (QED) is 0.663. The Bertz CT molecular complexity index is 811. The van der Waals surface area contributed by atoms with E-state index < -0.39 is 0 Å². The predicted molar refractivity (Wildman–Crippen MR) is 91.2 cm³/mol. The van der Waals surface area contributed by atoms with Gasteiger partial charge in [-0.1, -0.05) is 59.6 Å². The van der Waals surface area contributed by atoms with Gasteiger partial charge in [-0.25, -0.2) is 0 Å². The number of fused-ring (bicyclic) bond motifs is 1. The minimum absolute atomic E-state index is 0.204. The minimum Gasteiger partial charge on any atom is -0.320 e. The summed E-state index contributed by atoms with van der Waals surface area (Å²) in [5.41, 5.74) is 9.73. The summed E-state index contributed by atoms with van der Waals surface area (Å²) in [7, 11) is 0. The van der Waals surface area contributed by atoms with Gasteiger partial charge in [-0.15, -0.1) is 0 Å². The van der Waals surface area contributed by atoms with Crippen LogP contribution in [0.2, 0.25) is 10.0 Å². The fraction of sp³-hybridized carbons (Fsp3) is 0.111. The highest BCUT2D eigenvalue weighted by atomic mass is 35.5. The third kappa shape index (κ3) is 2.65. The van der Waals surface area contributed by atoms with Crippen LogP contribution in [0.15, 0.2) is 54.6 Å². The molecule has 0 aliphatic carbocycles. The molecular weight excluding hydrogens is 301 g/mol. The second kappa shape index (κ2) is 5.69. The van der Waals surface area contributed by atoms with Crippen LogP contribution in [0.3, 0.4) is 0 Å². The predicted octanol–water partition coefficient (Wildman–Crippen LogP) is 5.50. The SMILES string of the molecule is Cc1cc(Cl)ccc1C(N)c1ccc(Cl)c2ccccc12. The van der Waals surface area contributed by atoms with Gasteiger partial charge in [0.2, 0.25) is 0 Å². The molecule has 1 nitrogen and oxygen atoms in total. The van der Waals surface area contributed by atoms with E-state index in [1.165, 1.54) is 0 Å². The van der Waals surface area contributed by atoms with Gasteiger partial charge in [0.25, 0.3) is 0 Å². The van der Waals surface area contributed by atoms with Crippen molar-refractivity contribution in [3.8, 4) is 0 Å². The number of rotatable bonds is 2. The average molecular weight is 316 g/mol. The summed E-state index contributed by atoms with van der Waals surface area (Å²) in [6.45, 7) is 2.03. The first-order chi connectivity index (χ1) is 10.1. The van der Waals surface area contributed by atoms with Gasteiger partial charge in [-0.05, 0) is 47.2 Å². The molecule has 0 saturated heterocycles. The van der Waals surface area contributed by atoms with Crippen LogP contribution in [-0.2, 0) is 0 Å². The van der Waals surface area contributed by atoms with Crippen molar-refractivity contribution in [2.24, 2.45) is 5.73 Å². The van der Waals surface area contributed by atoms with Crippen LogP contribution in [0, 0.1) is 6.92 Å². The lowest BCUT2D eigenvalue weighted by atomic mass is 9.92. The molecule has 0 fully saturated rings. The van der Waals surface area contributed by atoms with Gasteiger partial charge in [0.15, 0.2) is 0 Å². The monoisotopic (exact) mass is 315 g/mol. The lowest BCUT2D eigenvalue weighted by molar-refractivity contribution is 0.870. The van der Waals surface area contributed by atoms with E-state index in [1.807, 2.05) is 55.5 Å². The Morgan fingerprint density at radius 2 is 1.52 bits per heavy atom. The van der Waals surface area contributed by atoms with Crippen LogP contribution < -0.4 is 5.73 Å². The van der Waals surface area contributed by atoms with Crippen LogP contribution in [0.4, 0.5) is 0 Å². The van der Waals surface area contributed by atoms with Crippen molar-refractivity contribution in [3.05, 3.63) is 81.3 Å². The molecule has 1 atom stereocenters. The van der Waals surface area contributed by atoms with Crippen LogP contribution in [0.25, 0.3) is 10.8 Å². The molecule has 3 rings (SSSR count). The minimum atomic E-state index is -0.204. The molecule has 0 saturated carbocycles. The van der Waals surface area contributed by atoms with Crippen LogP contribution in [0.5, 0.6) is 0 Å². The summed E-state index contributed by atoms with van der Waals surface area (Å²) in [4.78, 5) is 0. The molecule has 3 heteroatoms. The Hall–Kier alpha value is -1.54. The third-order valence-corrected chi connectivity index (χ3v) is 4.37. The fourth-order valence-corrected chi connectivity index (χ4v) is 3.17. The number of halogens is 2. The van der Waals surface area contributed by atoms with Gasteiger partial charge in [0.05, 0.1) is 6.04 Å². The zero-order valence-electron chi connectivity index (χ0n) is 11.6. The molecule has 3 aromatic carbocycles. The highest BCUT2D eigenvalue weighted by Crippen LogP contribution is 2.33. The topological polar surface area (TPSA) is 26.0 Å². The first-order valence-electron chi connectivity index (χ1n) is 6.76. The third-order valence-electron chi connectivity index (χ3n) is 3.81. The van der Waals surface area contributed by atoms with E-state index in [0.717, 1.165) is 37.5 Å². The van der Waals surface area contributed by atoms with Crippen molar-refractivity contribution in [2.45, 2.75) is 13.0 Å². The van der Waals surface area contributed by atoms with Gasteiger partial charge in [-0.3, -0.25) is 0 Å². The molecule has 0 aliphatic rings. The summed E-state index contributed by atoms with van der Waals surface area (Å²) >= 11 is 12.3. The molecule has 0 aromatic heterocycles. The Labute approximate surface area is 134 Å². The number of benzene rings is 3. The van der Waals surface area contributed by atoms with Gasteiger partial charge in [0, 0.05) is 15.4 Å². The van der Waals surface area contributed by atoms with Crippen molar-refractivity contribution in [1.82, 2.24) is 0 Å². The highest BCUT2D eigenvalue weighted by Gasteiger charge is 2.15. The van der Waals surface area contributed by atoms with Gasteiger partial charge in [-0.2, -0.15) is 0 Å². The van der Waals surface area contributed by atoms with E-state index in [1.54, 1.807) is 0 Å². The first kappa shape index (κ1) is 14.4. The second-order valence-corrected chi connectivity index (χ2v) is 6.00. The normalized spacial score (nSPS) is 12.6. The Balaban J connectivity index is 2.18. The molecular formula is C18H15Cl2N. The summed E-state index contributed by atoms with van der Waals surface area (Å²) < 4.78 is 0. The smallest absolute Gasteiger partial charge is 0.0560 e. The zero-order chi connectivity index (χ0) is 15.0. The lowest BCUT2D eigenvalue weighted by Gasteiger charge is -2.18. The molecule has 3 aromatic rings. The van der Waals surface area contributed by atoms with Crippen molar-refractivity contribution >= 4 is 34.0 Å². The molecule has 0 aliphatic heterocycles. The summed E-state index contributed by atoms with van der Waals surface area (Å²) in [6, 6.07) is 17.6. The largest absolute Gasteiger partial charge is 0.320 e. The molecule has 0 radical (unpaired) electrons. The molecule has 106 valence electrons. The molecule has 2 N–H and O–H groups in total.